The molecule has 36 heavy (non-hydrogen) atoms. The van der Waals surface area contributed by atoms with Gasteiger partial charge >= 0.3 is 5.97 Å². The molecule has 0 saturated carbocycles. The minimum Gasteiger partial charge on any atom is -0.492 e. The zero-order valence-electron chi connectivity index (χ0n) is 20.2. The van der Waals surface area contributed by atoms with Crippen molar-refractivity contribution in [2.75, 3.05) is 20.3 Å². The molecule has 0 atom stereocenters. The Kier molecular flexibility index (Phi) is 7.17. The van der Waals surface area contributed by atoms with Gasteiger partial charge in [0, 0.05) is 19.2 Å². The zero-order valence-corrected chi connectivity index (χ0v) is 21.8. The predicted octanol–water partition coefficient (Wildman–Crippen LogP) is 4.31. The van der Waals surface area contributed by atoms with Crippen molar-refractivity contribution >= 4 is 32.9 Å². The highest BCUT2D eigenvalue weighted by Crippen LogP contribution is 2.33. The minimum atomic E-state index is -0.450. The molecular formula is C25H27BrN6O4. The van der Waals surface area contributed by atoms with Crippen molar-refractivity contribution in [3.63, 3.8) is 0 Å². The first kappa shape index (κ1) is 24.2. The fourth-order valence-corrected chi connectivity index (χ4v) is 4.87. The van der Waals surface area contributed by atoms with E-state index in [1.807, 2.05) is 4.68 Å². The van der Waals surface area contributed by atoms with Crippen molar-refractivity contribution in [3.05, 3.63) is 51.9 Å². The molecule has 0 radical (unpaired) electrons. The van der Waals surface area contributed by atoms with Crippen molar-refractivity contribution in [1.82, 2.24) is 29.5 Å². The van der Waals surface area contributed by atoms with Crippen molar-refractivity contribution in [2.45, 2.75) is 45.6 Å². The van der Waals surface area contributed by atoms with Crippen molar-refractivity contribution in [2.24, 2.45) is 0 Å². The Morgan fingerprint density at radius 2 is 1.92 bits per heavy atom. The summed E-state index contributed by atoms with van der Waals surface area (Å²) in [7, 11) is 1.55. The third kappa shape index (κ3) is 4.92. The second-order valence-electron chi connectivity index (χ2n) is 8.49. The Labute approximate surface area is 216 Å². The average molecular weight is 555 g/mol. The quantitative estimate of drug-likeness (QED) is 0.222. The molecule has 3 aromatic heterocycles. The van der Waals surface area contributed by atoms with E-state index in [0.29, 0.717) is 35.6 Å². The highest BCUT2D eigenvalue weighted by Gasteiger charge is 2.18. The second-order valence-corrected chi connectivity index (χ2v) is 9.34. The number of benzene rings is 1. The molecule has 11 heteroatoms. The number of nitrogens with zero attached hydrogens (tertiary/aromatic N) is 6. The molecular weight excluding hydrogens is 528 g/mol. The van der Waals surface area contributed by atoms with Crippen LogP contribution in [0.2, 0.25) is 0 Å². The zero-order chi connectivity index (χ0) is 25.1. The Balaban J connectivity index is 1.28. The van der Waals surface area contributed by atoms with E-state index in [9.17, 15) is 4.79 Å². The summed E-state index contributed by atoms with van der Waals surface area (Å²) in [5.41, 5.74) is 4.43. The molecule has 3 heterocycles. The Hall–Kier alpha value is -3.47. The molecule has 1 aromatic carbocycles. The molecule has 10 nitrogen and oxygen atoms in total. The molecule has 1 aliphatic carbocycles. The molecule has 0 unspecified atom stereocenters. The van der Waals surface area contributed by atoms with Gasteiger partial charge in [0.15, 0.2) is 0 Å². The number of esters is 1. The Morgan fingerprint density at radius 3 is 2.69 bits per heavy atom. The van der Waals surface area contributed by atoms with Crippen molar-refractivity contribution in [1.29, 1.82) is 0 Å². The van der Waals surface area contributed by atoms with Gasteiger partial charge in [-0.25, -0.2) is 14.5 Å². The highest BCUT2D eigenvalue weighted by molar-refractivity contribution is 9.10. The van der Waals surface area contributed by atoms with Crippen molar-refractivity contribution in [3.8, 4) is 17.6 Å². The van der Waals surface area contributed by atoms with E-state index in [4.69, 9.17) is 14.2 Å². The van der Waals surface area contributed by atoms with Gasteiger partial charge in [0.1, 0.15) is 16.8 Å². The molecule has 188 valence electrons. The van der Waals surface area contributed by atoms with Gasteiger partial charge in [0.05, 0.1) is 42.8 Å². The monoisotopic (exact) mass is 554 g/mol. The summed E-state index contributed by atoms with van der Waals surface area (Å²) < 4.78 is 20.9. The van der Waals surface area contributed by atoms with Crippen LogP contribution in [0, 0.1) is 0 Å². The van der Waals surface area contributed by atoms with Gasteiger partial charge in [0.2, 0.25) is 5.88 Å². The lowest BCUT2D eigenvalue weighted by molar-refractivity contribution is 0.0526. The van der Waals surface area contributed by atoms with Crippen molar-refractivity contribution < 1.29 is 19.0 Å². The Bertz CT molecular complexity index is 1400. The smallest absolute Gasteiger partial charge is 0.341 e. The van der Waals surface area contributed by atoms with E-state index in [1.54, 1.807) is 20.2 Å². The molecule has 0 aliphatic heterocycles. The number of ether oxygens (including phenoxy) is 3. The molecule has 4 aromatic rings. The number of hydrogen-bond acceptors (Lipinski definition) is 8. The van der Waals surface area contributed by atoms with E-state index in [2.05, 4.69) is 48.2 Å². The summed E-state index contributed by atoms with van der Waals surface area (Å²) >= 11 is 3.65. The number of rotatable bonds is 9. The van der Waals surface area contributed by atoms with Crippen LogP contribution in [0.3, 0.4) is 0 Å². The molecule has 0 saturated heterocycles. The topological polar surface area (TPSA) is 106 Å². The molecule has 0 bridgehead atoms. The van der Waals surface area contributed by atoms with Gasteiger partial charge in [-0.2, -0.15) is 15.2 Å². The van der Waals surface area contributed by atoms with E-state index < -0.39 is 5.97 Å². The number of aromatic nitrogens is 6. The Morgan fingerprint density at radius 1 is 1.11 bits per heavy atom. The number of hydrogen-bond donors (Lipinski definition) is 0. The van der Waals surface area contributed by atoms with Crippen LogP contribution in [0.25, 0.3) is 17.0 Å². The van der Waals surface area contributed by atoms with Crippen LogP contribution >= 0.6 is 15.9 Å². The summed E-state index contributed by atoms with van der Waals surface area (Å²) in [6, 6.07) is 4.36. The van der Waals surface area contributed by atoms with E-state index >= 15 is 0 Å². The van der Waals surface area contributed by atoms with Gasteiger partial charge in [-0.1, -0.05) is 0 Å². The number of halogens is 1. The van der Waals surface area contributed by atoms with Gasteiger partial charge < -0.3 is 14.2 Å². The molecule has 0 spiro atoms. The third-order valence-corrected chi connectivity index (χ3v) is 6.72. The summed E-state index contributed by atoms with van der Waals surface area (Å²) in [5, 5.41) is 8.67. The first-order chi connectivity index (χ1) is 17.6. The van der Waals surface area contributed by atoms with E-state index in [0.717, 1.165) is 29.5 Å². The summed E-state index contributed by atoms with van der Waals surface area (Å²) in [6.07, 6.45) is 10.1. The van der Waals surface area contributed by atoms with Crippen LogP contribution in [-0.2, 0) is 24.1 Å². The fourth-order valence-electron chi connectivity index (χ4n) is 4.36. The van der Waals surface area contributed by atoms with Crippen LogP contribution in [0.1, 0.15) is 47.7 Å². The van der Waals surface area contributed by atoms with E-state index in [1.165, 1.54) is 41.0 Å². The number of carbonyl (C=O) groups excluding carboxylic acids is 1. The maximum Gasteiger partial charge on any atom is 0.341 e. The van der Waals surface area contributed by atoms with Gasteiger partial charge in [0.25, 0.3) is 5.95 Å². The van der Waals surface area contributed by atoms with Crippen LogP contribution in [0.4, 0.5) is 0 Å². The number of fused-ring (bicyclic) bond motifs is 2. The van der Waals surface area contributed by atoms with E-state index in [-0.39, 0.29) is 12.6 Å². The number of carbonyl (C=O) groups is 1. The molecule has 1 aliphatic rings. The first-order valence-electron chi connectivity index (χ1n) is 12.0. The highest BCUT2D eigenvalue weighted by atomic mass is 79.9. The average Bonchev–Trinajstić information content (AvgIpc) is 3.54. The molecule has 0 fully saturated rings. The second kappa shape index (κ2) is 10.7. The van der Waals surface area contributed by atoms with Gasteiger partial charge in [-0.15, -0.1) is 0 Å². The van der Waals surface area contributed by atoms with Crippen LogP contribution in [0.5, 0.6) is 11.6 Å². The number of aryl methyl sites for hydroxylation is 3. The molecule has 0 N–H and O–H groups in total. The first-order valence-corrected chi connectivity index (χ1v) is 12.8. The third-order valence-electron chi connectivity index (χ3n) is 6.10. The largest absolute Gasteiger partial charge is 0.492 e. The van der Waals surface area contributed by atoms with Gasteiger partial charge in [-0.05, 0) is 71.8 Å². The summed E-state index contributed by atoms with van der Waals surface area (Å²) in [4.78, 5) is 21.0. The maximum atomic E-state index is 12.0. The lowest BCUT2D eigenvalue weighted by atomic mass is 9.92. The standard InChI is InChI=1S/C25H27BrN6O4/c1-3-35-24(33)18-13-27-32(15-18)25-29-20-14-28-31(22(20)23(30-25)34-2)9-6-10-36-21-12-17-8-5-4-7-16(17)11-19(21)26/h11-15H,3-10H2,1-2H3. The lowest BCUT2D eigenvalue weighted by Crippen LogP contribution is -2.09. The van der Waals surface area contributed by atoms with Crippen LogP contribution < -0.4 is 9.47 Å². The molecule has 0 amide bonds. The minimum absolute atomic E-state index is 0.273. The van der Waals surface area contributed by atoms with Gasteiger partial charge in [-0.3, -0.25) is 4.68 Å². The predicted molar refractivity (Wildman–Crippen MR) is 136 cm³/mol. The number of methoxy groups -OCH3 is 1. The maximum absolute atomic E-state index is 12.0. The molecule has 5 rings (SSSR count). The lowest BCUT2D eigenvalue weighted by Gasteiger charge is -2.18. The fraction of sp³-hybridized carbons (Fsp3) is 0.400. The van der Waals surface area contributed by atoms with Crippen LogP contribution in [-0.4, -0.2) is 55.8 Å². The summed E-state index contributed by atoms with van der Waals surface area (Å²) in [5.74, 6) is 1.08. The summed E-state index contributed by atoms with van der Waals surface area (Å²) in [6.45, 7) is 3.19. The normalized spacial score (nSPS) is 13.0. The SMILES string of the molecule is CCOC(=O)c1cnn(-c2nc(OC)c3c(cnn3CCCOc3cc4c(cc3Br)CCCC4)n2)c1. The van der Waals surface area contributed by atoms with Crippen LogP contribution in [0.15, 0.2) is 35.2 Å².